The summed E-state index contributed by atoms with van der Waals surface area (Å²) in [4.78, 5) is 5.29. The van der Waals surface area contributed by atoms with Crippen molar-refractivity contribution in [1.29, 1.82) is 0 Å². The van der Waals surface area contributed by atoms with E-state index in [1.165, 1.54) is 96.4 Å². The molecule has 0 bridgehead atoms. The first-order valence-electron chi connectivity index (χ1n) is 27.3. The van der Waals surface area contributed by atoms with Crippen molar-refractivity contribution in [2.24, 2.45) is 0 Å². The average Bonchev–Trinajstić information content (AvgIpc) is 3.88. The van der Waals surface area contributed by atoms with Gasteiger partial charge in [-0.05, 0) is 188 Å². The van der Waals surface area contributed by atoms with Gasteiger partial charge < -0.3 is 18.6 Å². The smallest absolute Gasteiger partial charge is 0.297 e. The quantitative estimate of drug-likeness (QED) is 0.162. The average molecular weight is 951 g/mol. The summed E-state index contributed by atoms with van der Waals surface area (Å²) in [5.41, 5.74) is 25.1. The lowest BCUT2D eigenvalue weighted by molar-refractivity contribution is 0.332. The van der Waals surface area contributed by atoms with Crippen LogP contribution in [-0.2, 0) is 37.9 Å². The maximum Gasteiger partial charge on any atom is 0.297 e. The zero-order chi connectivity index (χ0) is 50.8. The molecule has 8 aromatic rings. The summed E-state index contributed by atoms with van der Waals surface area (Å²) in [6.45, 7) is 38.5. The molecule has 0 saturated carbocycles. The van der Waals surface area contributed by atoms with Gasteiger partial charge in [-0.15, -0.1) is 0 Å². The van der Waals surface area contributed by atoms with Gasteiger partial charge in [-0.25, -0.2) is 0 Å². The fraction of sp³-hybridized carbons (Fsp3) is 0.433. The number of benzene rings is 6. The summed E-state index contributed by atoms with van der Waals surface area (Å²) < 4.78 is 14.8. The molecule has 4 heterocycles. The Kier molecular flexibility index (Phi) is 9.18. The summed E-state index contributed by atoms with van der Waals surface area (Å²) in [7, 11) is 0. The Bertz CT molecular complexity index is 3670. The highest BCUT2D eigenvalue weighted by molar-refractivity contribution is 7.00. The van der Waals surface area contributed by atoms with Crippen molar-refractivity contribution in [3.63, 3.8) is 0 Å². The second-order valence-corrected chi connectivity index (χ2v) is 28.2. The number of anilines is 6. The summed E-state index contributed by atoms with van der Waals surface area (Å²) in [6, 6.07) is 36.2. The van der Waals surface area contributed by atoms with Crippen LogP contribution in [0.15, 0.2) is 99.8 Å². The molecule has 0 unspecified atom stereocenters. The Morgan fingerprint density at radius 2 is 1.01 bits per heavy atom. The SMILES string of the molecule is Cc1cc2c3c(c1)N(c1cccc4oc5c(C(C)(C)C)cccc5c14)c1c(oc4cc5c(cc14)C(C)(C)CCC5(C)C)B3c1cc3c(cc1N2c1ccc2c(c1)C(C)(C)CCC2(C)C)C(C)(C)CCC3(C)C. The molecule has 3 aliphatic carbocycles. The largest absolute Gasteiger partial charge is 0.468 e. The van der Waals surface area contributed by atoms with Gasteiger partial charge in [0, 0.05) is 39.1 Å². The highest BCUT2D eigenvalue weighted by Gasteiger charge is 2.50. The molecule has 0 atom stereocenters. The third-order valence-electron chi connectivity index (χ3n) is 19.4. The standard InChI is InChI=1S/C67H75BN2O2/c1-38-31-52-57-53(32-38)70(50-21-18-22-54-56(50)40-19-17-20-43(59(40)71-54)61(2,3)4)58-41-34-45-48(67(15,16)30-27-64(45,9)10)37-55(41)72-60(58)68(57)49-35-46-47(66(13,14)29-28-65(46,11)12)36-51(49)69(52)39-23-24-42-44(33-39)63(7,8)26-25-62(42,5)6/h17-24,31-37H,25-30H2,1-16H3. The molecule has 0 amide bonds. The minimum Gasteiger partial charge on any atom is -0.468 e. The van der Waals surface area contributed by atoms with Crippen LogP contribution in [0.25, 0.3) is 32.9 Å². The number of fused-ring (bicyclic) bond motifs is 12. The van der Waals surface area contributed by atoms with E-state index >= 15 is 0 Å². The normalized spacial score (nSPS) is 20.5. The number of para-hydroxylation sites is 1. The highest BCUT2D eigenvalue weighted by atomic mass is 16.3. The molecule has 4 nitrogen and oxygen atoms in total. The predicted octanol–water partition coefficient (Wildman–Crippen LogP) is 17.1. The molecule has 5 aliphatic rings. The van der Waals surface area contributed by atoms with Crippen molar-refractivity contribution >= 4 is 90.3 Å². The van der Waals surface area contributed by atoms with Gasteiger partial charge in [0.1, 0.15) is 16.7 Å². The number of rotatable bonds is 2. The number of nitrogens with zero attached hydrogens (tertiary/aromatic N) is 2. The molecule has 5 heteroatoms. The Hall–Kier alpha value is -5.68. The van der Waals surface area contributed by atoms with Crippen LogP contribution in [0, 0.1) is 6.92 Å². The second-order valence-electron chi connectivity index (χ2n) is 28.2. The second kappa shape index (κ2) is 14.3. The van der Waals surface area contributed by atoms with E-state index in [9.17, 15) is 0 Å². The zero-order valence-electron chi connectivity index (χ0n) is 46.2. The predicted molar refractivity (Wildman–Crippen MR) is 307 cm³/mol. The fourth-order valence-electron chi connectivity index (χ4n) is 14.6. The lowest BCUT2D eigenvalue weighted by atomic mass is 9.35. The first-order valence-corrected chi connectivity index (χ1v) is 27.3. The minimum atomic E-state index is -0.148. The van der Waals surface area contributed by atoms with E-state index in [4.69, 9.17) is 8.83 Å². The molecule has 0 N–H and O–H groups in total. The van der Waals surface area contributed by atoms with Crippen molar-refractivity contribution in [2.75, 3.05) is 9.80 Å². The first kappa shape index (κ1) is 46.1. The van der Waals surface area contributed by atoms with E-state index in [1.54, 1.807) is 0 Å². The molecule has 0 saturated heterocycles. The van der Waals surface area contributed by atoms with Gasteiger partial charge in [-0.2, -0.15) is 0 Å². The van der Waals surface area contributed by atoms with E-state index in [-0.39, 0.29) is 44.6 Å². The van der Waals surface area contributed by atoms with Crippen LogP contribution < -0.4 is 26.4 Å². The van der Waals surface area contributed by atoms with Gasteiger partial charge in [0.2, 0.25) is 0 Å². The molecule has 368 valence electrons. The Labute approximate surface area is 429 Å². The fourth-order valence-corrected chi connectivity index (χ4v) is 14.6. The van der Waals surface area contributed by atoms with Gasteiger partial charge in [0.15, 0.2) is 0 Å². The Morgan fingerprint density at radius 1 is 0.472 bits per heavy atom. The lowest BCUT2D eigenvalue weighted by Crippen LogP contribution is -2.61. The number of hydrogen-bond acceptors (Lipinski definition) is 4. The molecular formula is C67H75BN2O2. The number of hydrogen-bond donors (Lipinski definition) is 0. The van der Waals surface area contributed by atoms with Crippen molar-refractivity contribution in [3.05, 3.63) is 136 Å². The van der Waals surface area contributed by atoms with E-state index < -0.39 is 0 Å². The van der Waals surface area contributed by atoms with Crippen molar-refractivity contribution in [3.8, 4) is 0 Å². The molecule has 2 aromatic heterocycles. The molecule has 2 aliphatic heterocycles. The van der Waals surface area contributed by atoms with Crippen LogP contribution in [0.5, 0.6) is 0 Å². The Morgan fingerprint density at radius 3 is 1.64 bits per heavy atom. The van der Waals surface area contributed by atoms with Gasteiger partial charge in [0.05, 0.1) is 22.4 Å². The van der Waals surface area contributed by atoms with Gasteiger partial charge >= 0.3 is 0 Å². The summed E-state index contributed by atoms with van der Waals surface area (Å²) in [5, 5.41) is 3.47. The van der Waals surface area contributed by atoms with E-state index in [1.807, 2.05) is 0 Å². The van der Waals surface area contributed by atoms with Crippen LogP contribution in [-0.4, -0.2) is 6.71 Å². The maximum absolute atomic E-state index is 7.77. The number of aryl methyl sites for hydroxylation is 1. The molecule has 0 fully saturated rings. The van der Waals surface area contributed by atoms with E-state index in [0.717, 1.165) is 70.2 Å². The monoisotopic (exact) mass is 951 g/mol. The van der Waals surface area contributed by atoms with Crippen LogP contribution in [0.1, 0.15) is 187 Å². The molecular weight excluding hydrogens is 876 g/mol. The minimum absolute atomic E-state index is 0.0139. The maximum atomic E-state index is 7.77. The van der Waals surface area contributed by atoms with Gasteiger partial charge in [-0.1, -0.05) is 140 Å². The van der Waals surface area contributed by atoms with Crippen molar-refractivity contribution in [1.82, 2.24) is 0 Å². The van der Waals surface area contributed by atoms with E-state index in [2.05, 4.69) is 212 Å². The number of furan rings is 2. The molecule has 0 spiro atoms. The van der Waals surface area contributed by atoms with E-state index in [0.29, 0.717) is 0 Å². The van der Waals surface area contributed by atoms with Crippen molar-refractivity contribution < 1.29 is 8.83 Å². The zero-order valence-corrected chi connectivity index (χ0v) is 46.2. The molecule has 72 heavy (non-hydrogen) atoms. The lowest BCUT2D eigenvalue weighted by Gasteiger charge is -2.47. The first-order chi connectivity index (χ1) is 33.7. The van der Waals surface area contributed by atoms with Crippen LogP contribution >= 0.6 is 0 Å². The van der Waals surface area contributed by atoms with Gasteiger partial charge in [0.25, 0.3) is 6.71 Å². The van der Waals surface area contributed by atoms with Crippen LogP contribution in [0.2, 0.25) is 0 Å². The van der Waals surface area contributed by atoms with Crippen LogP contribution in [0.3, 0.4) is 0 Å². The Balaban J connectivity index is 1.19. The molecule has 13 rings (SSSR count). The third kappa shape index (κ3) is 6.30. The molecule has 0 radical (unpaired) electrons. The summed E-state index contributed by atoms with van der Waals surface area (Å²) >= 11 is 0. The highest BCUT2D eigenvalue weighted by Crippen LogP contribution is 2.56. The van der Waals surface area contributed by atoms with Gasteiger partial charge in [-0.3, -0.25) is 0 Å². The van der Waals surface area contributed by atoms with Crippen LogP contribution in [0.4, 0.5) is 34.1 Å². The summed E-state index contributed by atoms with van der Waals surface area (Å²) in [5.74, 6) is 0. The topological polar surface area (TPSA) is 32.8 Å². The van der Waals surface area contributed by atoms with Crippen molar-refractivity contribution in [2.45, 2.75) is 187 Å². The third-order valence-corrected chi connectivity index (χ3v) is 19.4. The summed E-state index contributed by atoms with van der Waals surface area (Å²) in [6.07, 6.45) is 6.95. The molecule has 6 aromatic carbocycles.